The Balaban J connectivity index is 2.09. The van der Waals surface area contributed by atoms with E-state index in [0.29, 0.717) is 17.1 Å². The predicted molar refractivity (Wildman–Crippen MR) is 86.1 cm³/mol. The SMILES string of the molecule is CCNS(=O)(=O)c1ccccc1NC(C)CN1CCCC1. The van der Waals surface area contributed by atoms with E-state index in [1.165, 1.54) is 12.8 Å². The second-order valence-electron chi connectivity index (χ2n) is 5.55. The van der Waals surface area contributed by atoms with Gasteiger partial charge in [0.1, 0.15) is 4.90 Å². The molecule has 1 atom stereocenters. The number of nitrogens with zero attached hydrogens (tertiary/aromatic N) is 1. The molecule has 0 radical (unpaired) electrons. The Bertz CT molecular complexity index is 554. The van der Waals surface area contributed by atoms with Gasteiger partial charge in [-0.05, 0) is 45.0 Å². The molecule has 1 unspecified atom stereocenters. The number of nitrogens with one attached hydrogen (secondary N) is 2. The first-order valence-corrected chi connectivity index (χ1v) is 9.09. The van der Waals surface area contributed by atoms with E-state index in [1.54, 1.807) is 19.1 Å². The van der Waals surface area contributed by atoms with E-state index in [4.69, 9.17) is 0 Å². The molecule has 0 spiro atoms. The third-order valence-corrected chi connectivity index (χ3v) is 5.25. The van der Waals surface area contributed by atoms with Gasteiger partial charge in [-0.25, -0.2) is 13.1 Å². The van der Waals surface area contributed by atoms with Crippen LogP contribution in [-0.2, 0) is 10.0 Å². The van der Waals surface area contributed by atoms with E-state index in [9.17, 15) is 8.42 Å². The minimum Gasteiger partial charge on any atom is -0.380 e. The molecule has 0 aliphatic carbocycles. The van der Waals surface area contributed by atoms with Crippen molar-refractivity contribution < 1.29 is 8.42 Å². The summed E-state index contributed by atoms with van der Waals surface area (Å²) in [5.41, 5.74) is 0.671. The summed E-state index contributed by atoms with van der Waals surface area (Å²) in [4.78, 5) is 2.74. The number of likely N-dealkylation sites (tertiary alicyclic amines) is 1. The van der Waals surface area contributed by atoms with Crippen LogP contribution in [0.3, 0.4) is 0 Å². The van der Waals surface area contributed by atoms with Crippen molar-refractivity contribution in [2.24, 2.45) is 0 Å². The standard InChI is InChI=1S/C15H25N3O2S/c1-3-16-21(19,20)15-9-5-4-8-14(15)17-13(2)12-18-10-6-7-11-18/h4-5,8-9,13,16-17H,3,6-7,10-12H2,1-2H3. The highest BCUT2D eigenvalue weighted by atomic mass is 32.2. The van der Waals surface area contributed by atoms with Crippen molar-refractivity contribution in [1.82, 2.24) is 9.62 Å². The van der Waals surface area contributed by atoms with Crippen molar-refractivity contribution in [3.63, 3.8) is 0 Å². The van der Waals surface area contributed by atoms with Crippen LogP contribution in [0.2, 0.25) is 0 Å². The smallest absolute Gasteiger partial charge is 0.242 e. The lowest BCUT2D eigenvalue weighted by Gasteiger charge is -2.23. The quantitative estimate of drug-likeness (QED) is 0.807. The fraction of sp³-hybridized carbons (Fsp3) is 0.600. The summed E-state index contributed by atoms with van der Waals surface area (Å²) < 4.78 is 27.0. The molecule has 1 aliphatic heterocycles. The summed E-state index contributed by atoms with van der Waals surface area (Å²) in [6.45, 7) is 7.49. The Kier molecular flexibility index (Phi) is 5.61. The van der Waals surface area contributed by atoms with Crippen LogP contribution in [-0.4, -0.2) is 45.5 Å². The van der Waals surface area contributed by atoms with Crippen molar-refractivity contribution in [3.8, 4) is 0 Å². The van der Waals surface area contributed by atoms with E-state index in [0.717, 1.165) is 19.6 Å². The van der Waals surface area contributed by atoms with Crippen LogP contribution in [0, 0.1) is 0 Å². The molecular formula is C15H25N3O2S. The highest BCUT2D eigenvalue weighted by Gasteiger charge is 2.19. The van der Waals surface area contributed by atoms with Crippen molar-refractivity contribution in [2.45, 2.75) is 37.6 Å². The molecule has 1 aromatic rings. The number of hydrogen-bond acceptors (Lipinski definition) is 4. The number of hydrogen-bond donors (Lipinski definition) is 2. The van der Waals surface area contributed by atoms with Gasteiger partial charge in [0.05, 0.1) is 5.69 Å². The van der Waals surface area contributed by atoms with Gasteiger partial charge in [-0.1, -0.05) is 19.1 Å². The second-order valence-corrected chi connectivity index (χ2v) is 7.29. The second kappa shape index (κ2) is 7.24. The zero-order chi connectivity index (χ0) is 15.3. The largest absolute Gasteiger partial charge is 0.380 e. The molecule has 0 bridgehead atoms. The summed E-state index contributed by atoms with van der Waals surface area (Å²) in [6, 6.07) is 7.28. The number of anilines is 1. The maximum Gasteiger partial charge on any atom is 0.242 e. The molecule has 2 rings (SSSR count). The summed E-state index contributed by atoms with van der Waals surface area (Å²) in [7, 11) is -3.44. The molecule has 1 saturated heterocycles. The summed E-state index contributed by atoms with van der Waals surface area (Å²) >= 11 is 0. The van der Waals surface area contributed by atoms with Crippen molar-refractivity contribution in [3.05, 3.63) is 24.3 Å². The average Bonchev–Trinajstić information content (AvgIpc) is 2.91. The Morgan fingerprint density at radius 1 is 1.24 bits per heavy atom. The molecule has 118 valence electrons. The van der Waals surface area contributed by atoms with Crippen LogP contribution in [0.25, 0.3) is 0 Å². The van der Waals surface area contributed by atoms with Crippen LogP contribution in [0.1, 0.15) is 26.7 Å². The molecule has 1 fully saturated rings. The Hall–Kier alpha value is -1.11. The molecular weight excluding hydrogens is 286 g/mol. The lowest BCUT2D eigenvalue weighted by atomic mass is 10.2. The number of para-hydroxylation sites is 1. The summed E-state index contributed by atoms with van der Waals surface area (Å²) in [5.74, 6) is 0. The van der Waals surface area contributed by atoms with Gasteiger partial charge in [-0.15, -0.1) is 0 Å². The molecule has 0 saturated carbocycles. The zero-order valence-electron chi connectivity index (χ0n) is 12.8. The van der Waals surface area contributed by atoms with Crippen LogP contribution < -0.4 is 10.0 Å². The molecule has 2 N–H and O–H groups in total. The topological polar surface area (TPSA) is 61.4 Å². The van der Waals surface area contributed by atoms with Crippen LogP contribution in [0.15, 0.2) is 29.2 Å². The van der Waals surface area contributed by atoms with Gasteiger partial charge in [-0.2, -0.15) is 0 Å². The number of rotatable bonds is 7. The Morgan fingerprint density at radius 3 is 2.57 bits per heavy atom. The van der Waals surface area contributed by atoms with Gasteiger partial charge < -0.3 is 10.2 Å². The van der Waals surface area contributed by atoms with E-state index in [1.807, 2.05) is 12.1 Å². The maximum absolute atomic E-state index is 12.2. The van der Waals surface area contributed by atoms with Crippen LogP contribution >= 0.6 is 0 Å². The maximum atomic E-state index is 12.2. The molecule has 1 aliphatic rings. The highest BCUT2D eigenvalue weighted by Crippen LogP contribution is 2.21. The molecule has 21 heavy (non-hydrogen) atoms. The van der Waals surface area contributed by atoms with Crippen molar-refractivity contribution >= 4 is 15.7 Å². The van der Waals surface area contributed by atoms with E-state index < -0.39 is 10.0 Å². The molecule has 0 amide bonds. The van der Waals surface area contributed by atoms with Gasteiger partial charge in [0.25, 0.3) is 0 Å². The highest BCUT2D eigenvalue weighted by molar-refractivity contribution is 7.89. The minimum absolute atomic E-state index is 0.209. The molecule has 1 aromatic carbocycles. The fourth-order valence-electron chi connectivity index (χ4n) is 2.75. The first-order valence-electron chi connectivity index (χ1n) is 7.60. The van der Waals surface area contributed by atoms with E-state index >= 15 is 0 Å². The lowest BCUT2D eigenvalue weighted by Crippen LogP contribution is -2.33. The predicted octanol–water partition coefficient (Wildman–Crippen LogP) is 1.88. The molecule has 5 nitrogen and oxygen atoms in total. The third-order valence-electron chi connectivity index (χ3n) is 3.64. The zero-order valence-corrected chi connectivity index (χ0v) is 13.6. The van der Waals surface area contributed by atoms with Crippen molar-refractivity contribution in [1.29, 1.82) is 0 Å². The van der Waals surface area contributed by atoms with Gasteiger partial charge in [0.15, 0.2) is 0 Å². The number of sulfonamides is 1. The number of benzene rings is 1. The fourth-order valence-corrected chi connectivity index (χ4v) is 3.96. The molecule has 6 heteroatoms. The molecule has 0 aromatic heterocycles. The van der Waals surface area contributed by atoms with Gasteiger partial charge in [0.2, 0.25) is 10.0 Å². The lowest BCUT2D eigenvalue weighted by molar-refractivity contribution is 0.327. The van der Waals surface area contributed by atoms with Gasteiger partial charge in [0, 0.05) is 19.1 Å². The van der Waals surface area contributed by atoms with Crippen LogP contribution in [0.4, 0.5) is 5.69 Å². The van der Waals surface area contributed by atoms with Crippen LogP contribution in [0.5, 0.6) is 0 Å². The average molecular weight is 311 g/mol. The van der Waals surface area contributed by atoms with E-state index in [-0.39, 0.29) is 6.04 Å². The Morgan fingerprint density at radius 2 is 1.90 bits per heavy atom. The van der Waals surface area contributed by atoms with Crippen molar-refractivity contribution in [2.75, 3.05) is 31.5 Å². The first kappa shape index (κ1) is 16.3. The third kappa shape index (κ3) is 4.43. The van der Waals surface area contributed by atoms with E-state index in [2.05, 4.69) is 21.9 Å². The molecule has 1 heterocycles. The normalized spacial score (nSPS) is 17.8. The summed E-state index contributed by atoms with van der Waals surface area (Å²) in [5, 5.41) is 3.34. The van der Waals surface area contributed by atoms with Gasteiger partial charge >= 0.3 is 0 Å². The minimum atomic E-state index is -3.44. The first-order chi connectivity index (χ1) is 10.0. The monoisotopic (exact) mass is 311 g/mol. The summed E-state index contributed by atoms with van der Waals surface area (Å²) in [6.07, 6.45) is 2.52. The van der Waals surface area contributed by atoms with Gasteiger partial charge in [-0.3, -0.25) is 0 Å². The Labute approximate surface area is 127 Å².